The number of halogens is 6. The van der Waals surface area contributed by atoms with Gasteiger partial charge in [0.15, 0.2) is 11.4 Å². The molecule has 0 saturated carbocycles. The molecular weight excluding hydrogens is 902 g/mol. The second kappa shape index (κ2) is 14.3. The van der Waals surface area contributed by atoms with Crippen LogP contribution in [0.2, 0.25) is 20.1 Å². The molecule has 0 unspecified atom stereocenters. The number of carbonyl (C=O) groups is 2. The van der Waals surface area contributed by atoms with Gasteiger partial charge in [-0.05, 0) is 111 Å². The zero-order chi connectivity index (χ0) is 35.6. The van der Waals surface area contributed by atoms with E-state index in [1.54, 1.807) is 56.3 Å². The fourth-order valence-electron chi connectivity index (χ4n) is 6.61. The van der Waals surface area contributed by atoms with E-state index in [0.717, 1.165) is 54.1 Å². The first-order chi connectivity index (χ1) is 24.6. The zero-order valence-electron chi connectivity index (χ0n) is 26.3. The third kappa shape index (κ3) is 6.39. The smallest absolute Gasteiger partial charge is 0.272 e. The van der Waals surface area contributed by atoms with Crippen molar-refractivity contribution in [2.24, 2.45) is 0 Å². The van der Waals surface area contributed by atoms with Crippen LogP contribution < -0.4 is 10.6 Å². The molecule has 8 nitrogen and oxygen atoms in total. The first-order valence-electron chi connectivity index (χ1n) is 15.8. The second-order valence-electron chi connectivity index (χ2n) is 12.0. The number of carbonyl (C=O) groups excluding carboxylic acids is 2. The van der Waals surface area contributed by atoms with E-state index in [-0.39, 0.29) is 11.8 Å². The summed E-state index contributed by atoms with van der Waals surface area (Å²) in [5.74, 6) is -0.572. The molecular formula is C35H24Br2Cl4N6O2S2. The summed E-state index contributed by atoms with van der Waals surface area (Å²) in [5, 5.41) is 21.6. The van der Waals surface area contributed by atoms with Crippen LogP contribution >= 0.6 is 101 Å². The monoisotopic (exact) mass is 922 g/mol. The molecule has 2 aliphatic carbocycles. The number of thiophene rings is 2. The minimum Gasteiger partial charge on any atom is -0.351 e. The molecule has 0 bridgehead atoms. The van der Waals surface area contributed by atoms with E-state index in [2.05, 4.69) is 53.3 Å². The van der Waals surface area contributed by atoms with Gasteiger partial charge in [-0.25, -0.2) is 9.36 Å². The minimum absolute atomic E-state index is 0.286. The van der Waals surface area contributed by atoms with Gasteiger partial charge in [-0.1, -0.05) is 46.4 Å². The van der Waals surface area contributed by atoms with E-state index in [4.69, 9.17) is 56.6 Å². The molecule has 0 aliphatic heterocycles. The predicted octanol–water partition coefficient (Wildman–Crippen LogP) is 10.4. The van der Waals surface area contributed by atoms with Gasteiger partial charge in [0.05, 0.1) is 42.6 Å². The van der Waals surface area contributed by atoms with Crippen LogP contribution in [0.25, 0.3) is 32.5 Å². The Kier molecular flexibility index (Phi) is 9.90. The van der Waals surface area contributed by atoms with Crippen molar-refractivity contribution in [3.05, 3.63) is 110 Å². The van der Waals surface area contributed by atoms with Crippen LogP contribution in [-0.4, -0.2) is 44.5 Å². The molecule has 2 amide bonds. The summed E-state index contributed by atoms with van der Waals surface area (Å²) in [7, 11) is 0. The Balaban J connectivity index is 0.989. The van der Waals surface area contributed by atoms with E-state index in [1.807, 2.05) is 12.1 Å². The van der Waals surface area contributed by atoms with Crippen molar-refractivity contribution in [2.45, 2.75) is 32.1 Å². The molecule has 51 heavy (non-hydrogen) atoms. The summed E-state index contributed by atoms with van der Waals surface area (Å²) < 4.78 is 5.58. The SMILES string of the molecule is O=C(NCCCNC(=O)c1nn(-c2ccc(Cl)cc2Cl)c2c1CCc1c(Br)csc1-2)c1nn(-c2ccc(Cl)cc2Cl)c2c1CCc1c(Br)csc1-2. The van der Waals surface area contributed by atoms with Crippen LogP contribution in [0.15, 0.2) is 56.1 Å². The highest BCUT2D eigenvalue weighted by Gasteiger charge is 2.33. The molecule has 0 saturated heterocycles. The number of nitrogens with zero attached hydrogens (tertiary/aromatic N) is 4. The molecule has 0 fully saturated rings. The molecule has 16 heteroatoms. The van der Waals surface area contributed by atoms with Gasteiger partial charge in [0.1, 0.15) is 0 Å². The van der Waals surface area contributed by atoms with Gasteiger partial charge in [0.2, 0.25) is 0 Å². The van der Waals surface area contributed by atoms with Crippen molar-refractivity contribution in [3.63, 3.8) is 0 Å². The van der Waals surface area contributed by atoms with Crippen molar-refractivity contribution >= 4 is 113 Å². The molecule has 0 atom stereocenters. The fourth-order valence-corrected chi connectivity index (χ4v) is 11.3. The van der Waals surface area contributed by atoms with Crippen molar-refractivity contribution in [2.75, 3.05) is 13.1 Å². The van der Waals surface area contributed by atoms with Gasteiger partial charge in [0, 0.05) is 54.0 Å². The lowest BCUT2D eigenvalue weighted by Crippen LogP contribution is -2.31. The number of nitrogens with one attached hydrogen (secondary N) is 2. The molecule has 6 aromatic rings. The largest absolute Gasteiger partial charge is 0.351 e. The highest BCUT2D eigenvalue weighted by atomic mass is 79.9. The summed E-state index contributed by atoms with van der Waals surface area (Å²) in [5.41, 5.74) is 7.83. The average Bonchev–Trinajstić information content (AvgIpc) is 3.88. The molecule has 2 aromatic carbocycles. The van der Waals surface area contributed by atoms with Gasteiger partial charge >= 0.3 is 0 Å². The standard InChI is InChI=1S/C35H24Br2Cl4N6O2S2/c36-22-14-50-32-18(22)4-6-20-28(44-46(30(20)32)26-8-2-16(38)12-24(26)40)34(48)42-10-1-11-43-35(49)29-21-7-5-19-23(37)15-51-33(19)31(21)47(45-29)27-9-3-17(39)13-25(27)41/h2-3,8-9,12-15H,1,4-7,10-11H2,(H,42,48)(H,43,49). The third-order valence-electron chi connectivity index (χ3n) is 8.96. The summed E-state index contributed by atoms with van der Waals surface area (Å²) in [6, 6.07) is 10.5. The summed E-state index contributed by atoms with van der Waals surface area (Å²) >= 11 is 36.2. The van der Waals surface area contributed by atoms with Gasteiger partial charge in [-0.2, -0.15) is 10.2 Å². The molecule has 8 rings (SSSR count). The molecule has 2 aliphatic rings. The number of fused-ring (bicyclic) bond motifs is 6. The van der Waals surface area contributed by atoms with Crippen molar-refractivity contribution in [1.82, 2.24) is 30.2 Å². The highest BCUT2D eigenvalue weighted by Crippen LogP contribution is 2.46. The Morgan fingerprint density at radius 1 is 0.667 bits per heavy atom. The first kappa shape index (κ1) is 35.4. The summed E-state index contributed by atoms with van der Waals surface area (Å²) in [6.07, 6.45) is 3.38. The van der Waals surface area contributed by atoms with Gasteiger partial charge in [-0.15, -0.1) is 22.7 Å². The molecule has 260 valence electrons. The van der Waals surface area contributed by atoms with Gasteiger partial charge < -0.3 is 10.6 Å². The lowest BCUT2D eigenvalue weighted by atomic mass is 9.94. The molecule has 4 aromatic heterocycles. The van der Waals surface area contributed by atoms with Crippen LogP contribution in [0.3, 0.4) is 0 Å². The van der Waals surface area contributed by atoms with E-state index >= 15 is 0 Å². The average molecular weight is 926 g/mol. The van der Waals surface area contributed by atoms with Crippen LogP contribution in [0.1, 0.15) is 49.7 Å². The van der Waals surface area contributed by atoms with Gasteiger partial charge in [0.25, 0.3) is 11.8 Å². The van der Waals surface area contributed by atoms with E-state index in [9.17, 15) is 9.59 Å². The van der Waals surface area contributed by atoms with Crippen LogP contribution in [0.4, 0.5) is 0 Å². The third-order valence-corrected chi connectivity index (χ3v) is 14.1. The van der Waals surface area contributed by atoms with Crippen LogP contribution in [0.5, 0.6) is 0 Å². The zero-order valence-corrected chi connectivity index (χ0v) is 34.1. The van der Waals surface area contributed by atoms with Crippen LogP contribution in [-0.2, 0) is 25.7 Å². The van der Waals surface area contributed by atoms with E-state index in [0.29, 0.717) is 75.2 Å². The number of rotatable bonds is 8. The second-order valence-corrected chi connectivity index (χ2v) is 17.2. The lowest BCUT2D eigenvalue weighted by molar-refractivity contribution is 0.0945. The molecule has 4 heterocycles. The first-order valence-corrected chi connectivity index (χ1v) is 20.7. The Labute approximate surface area is 337 Å². The fraction of sp³-hybridized carbons (Fsp3) is 0.200. The Hall–Kier alpha value is -2.68. The number of hydrogen-bond acceptors (Lipinski definition) is 6. The maximum Gasteiger partial charge on any atom is 0.272 e. The number of aromatic nitrogens is 4. The number of amides is 2. The Morgan fingerprint density at radius 2 is 1.08 bits per heavy atom. The van der Waals surface area contributed by atoms with Crippen LogP contribution in [0, 0.1) is 0 Å². The normalized spacial score (nSPS) is 13.0. The molecule has 0 radical (unpaired) electrons. The topological polar surface area (TPSA) is 93.8 Å². The molecule has 0 spiro atoms. The van der Waals surface area contributed by atoms with E-state index < -0.39 is 0 Å². The summed E-state index contributed by atoms with van der Waals surface area (Å²) in [6.45, 7) is 0.662. The van der Waals surface area contributed by atoms with Crippen molar-refractivity contribution < 1.29 is 9.59 Å². The minimum atomic E-state index is -0.286. The maximum absolute atomic E-state index is 13.6. The summed E-state index contributed by atoms with van der Waals surface area (Å²) in [4.78, 5) is 29.3. The number of benzene rings is 2. The predicted molar refractivity (Wildman–Crippen MR) is 213 cm³/mol. The lowest BCUT2D eigenvalue weighted by Gasteiger charge is -2.16. The van der Waals surface area contributed by atoms with Gasteiger partial charge in [-0.3, -0.25) is 9.59 Å². The maximum atomic E-state index is 13.6. The van der Waals surface area contributed by atoms with Crippen molar-refractivity contribution in [3.8, 4) is 32.5 Å². The Morgan fingerprint density at radius 3 is 1.49 bits per heavy atom. The van der Waals surface area contributed by atoms with Crippen molar-refractivity contribution in [1.29, 1.82) is 0 Å². The highest BCUT2D eigenvalue weighted by molar-refractivity contribution is 9.11. The quantitative estimate of drug-likeness (QED) is 0.149. The molecule has 2 N–H and O–H groups in total. The van der Waals surface area contributed by atoms with E-state index in [1.165, 1.54) is 11.1 Å². The Bertz CT molecular complexity index is 2240. The number of hydrogen-bond donors (Lipinski definition) is 2.